The van der Waals surface area contributed by atoms with Gasteiger partial charge in [0.2, 0.25) is 26.0 Å². The van der Waals surface area contributed by atoms with Crippen LogP contribution in [0.25, 0.3) is 0 Å². The van der Waals surface area contributed by atoms with E-state index in [-0.39, 0.29) is 22.8 Å². The van der Waals surface area contributed by atoms with Gasteiger partial charge >= 0.3 is 0 Å². The van der Waals surface area contributed by atoms with E-state index in [1.165, 1.54) is 30.2 Å². The first kappa shape index (κ1) is 20.0. The molecule has 0 bridgehead atoms. The van der Waals surface area contributed by atoms with E-state index in [1.54, 1.807) is 6.92 Å². The molecular weight excluding hydrogens is 388 g/mol. The largest absolute Gasteiger partial charge is 0.273 e. The number of carbonyl (C=O) groups excluding carboxylic acids is 1. The lowest BCUT2D eigenvalue weighted by Crippen LogP contribution is -2.30. The monoisotopic (exact) mass is 412 g/mol. The molecule has 1 N–H and O–H groups in total. The standard InChI is InChI=1S/C18H24N2O5S2/c1-14-13-16(20-18(21)10-12-26(20,22)23)7-8-17(14)27(24,25)19-11-9-15-5-3-2-4-6-15/h5,7-8,13,19H,2-4,6,9-12H2,1H3. The molecule has 0 atom stereocenters. The maximum absolute atomic E-state index is 12.6. The van der Waals surface area contributed by atoms with Crippen molar-refractivity contribution in [3.63, 3.8) is 0 Å². The van der Waals surface area contributed by atoms with Crippen LogP contribution in [0.15, 0.2) is 34.7 Å². The molecule has 0 aromatic heterocycles. The van der Waals surface area contributed by atoms with Gasteiger partial charge < -0.3 is 0 Å². The molecule has 1 heterocycles. The summed E-state index contributed by atoms with van der Waals surface area (Å²) in [4.78, 5) is 12.0. The van der Waals surface area contributed by atoms with Crippen LogP contribution in [0, 0.1) is 6.92 Å². The van der Waals surface area contributed by atoms with Gasteiger partial charge in [0.25, 0.3) is 0 Å². The lowest BCUT2D eigenvalue weighted by molar-refractivity contribution is -0.116. The van der Waals surface area contributed by atoms with Gasteiger partial charge in [-0.2, -0.15) is 0 Å². The fourth-order valence-corrected chi connectivity index (χ4v) is 6.19. The molecule has 0 radical (unpaired) electrons. The van der Waals surface area contributed by atoms with E-state index >= 15 is 0 Å². The van der Waals surface area contributed by atoms with Crippen molar-refractivity contribution in [2.24, 2.45) is 0 Å². The highest BCUT2D eigenvalue weighted by Crippen LogP contribution is 2.28. The molecule has 1 aliphatic heterocycles. The third-order valence-electron chi connectivity index (χ3n) is 4.88. The van der Waals surface area contributed by atoms with Crippen LogP contribution in [0.3, 0.4) is 0 Å². The van der Waals surface area contributed by atoms with Crippen molar-refractivity contribution in [3.8, 4) is 0 Å². The first-order chi connectivity index (χ1) is 12.7. The smallest absolute Gasteiger partial charge is 0.242 e. The average molecular weight is 413 g/mol. The van der Waals surface area contributed by atoms with E-state index in [4.69, 9.17) is 0 Å². The quantitative estimate of drug-likeness (QED) is 0.722. The molecule has 1 aromatic carbocycles. The van der Waals surface area contributed by atoms with Crippen molar-refractivity contribution < 1.29 is 21.6 Å². The van der Waals surface area contributed by atoms with Gasteiger partial charge in [-0.3, -0.25) is 4.79 Å². The molecule has 1 fully saturated rings. The number of aryl methyl sites for hydroxylation is 1. The molecule has 2 aliphatic rings. The summed E-state index contributed by atoms with van der Waals surface area (Å²) in [7, 11) is -7.37. The topological polar surface area (TPSA) is 101 Å². The molecule has 0 spiro atoms. The number of hydrogen-bond acceptors (Lipinski definition) is 5. The molecule has 1 amide bonds. The molecule has 0 saturated carbocycles. The van der Waals surface area contributed by atoms with Crippen LogP contribution >= 0.6 is 0 Å². The SMILES string of the molecule is Cc1cc(N2C(=O)CCS2(=O)=O)ccc1S(=O)(=O)NCCC1=CCCCC1. The maximum atomic E-state index is 12.6. The van der Waals surface area contributed by atoms with Crippen molar-refractivity contribution in [2.75, 3.05) is 16.6 Å². The zero-order valence-corrected chi connectivity index (χ0v) is 16.9. The Balaban J connectivity index is 1.74. The minimum atomic E-state index is -3.70. The van der Waals surface area contributed by atoms with Crippen molar-refractivity contribution in [1.29, 1.82) is 0 Å². The molecular formula is C18H24N2O5S2. The Morgan fingerprint density at radius 2 is 1.96 bits per heavy atom. The zero-order chi connectivity index (χ0) is 19.7. The predicted octanol–water partition coefficient (Wildman–Crippen LogP) is 2.23. The Morgan fingerprint density at radius 3 is 2.56 bits per heavy atom. The lowest BCUT2D eigenvalue weighted by atomic mass is 9.97. The Labute approximate surface area is 160 Å². The number of nitrogens with zero attached hydrogens (tertiary/aromatic N) is 1. The van der Waals surface area contributed by atoms with Crippen LogP contribution in [0.1, 0.15) is 44.1 Å². The third kappa shape index (κ3) is 4.41. The van der Waals surface area contributed by atoms with Crippen LogP contribution in [-0.2, 0) is 24.8 Å². The number of amides is 1. The lowest BCUT2D eigenvalue weighted by Gasteiger charge is -2.17. The van der Waals surface area contributed by atoms with Gasteiger partial charge in [0.05, 0.1) is 16.3 Å². The summed E-state index contributed by atoms with van der Waals surface area (Å²) in [6.07, 6.45) is 7.24. The van der Waals surface area contributed by atoms with Crippen molar-refractivity contribution >= 4 is 31.6 Å². The Kier molecular flexibility index (Phi) is 5.73. The number of sulfonamides is 2. The van der Waals surface area contributed by atoms with E-state index in [1.807, 2.05) is 0 Å². The van der Waals surface area contributed by atoms with Gasteiger partial charge in [-0.05, 0) is 62.8 Å². The second-order valence-electron chi connectivity index (χ2n) is 6.93. The molecule has 148 valence electrons. The second-order valence-corrected chi connectivity index (χ2v) is 10.6. The summed E-state index contributed by atoms with van der Waals surface area (Å²) in [5, 5.41) is 0. The van der Waals surface area contributed by atoms with Crippen molar-refractivity contribution in [2.45, 2.75) is 50.3 Å². The van der Waals surface area contributed by atoms with Crippen LogP contribution in [0.2, 0.25) is 0 Å². The fourth-order valence-electron chi connectivity index (χ4n) is 3.49. The van der Waals surface area contributed by atoms with Gasteiger partial charge in [0, 0.05) is 13.0 Å². The Hall–Kier alpha value is -1.71. The first-order valence-corrected chi connectivity index (χ1v) is 12.1. The summed E-state index contributed by atoms with van der Waals surface area (Å²) >= 11 is 0. The summed E-state index contributed by atoms with van der Waals surface area (Å²) in [5.41, 5.74) is 1.86. The van der Waals surface area contributed by atoms with Gasteiger partial charge in [-0.15, -0.1) is 0 Å². The molecule has 0 unspecified atom stereocenters. The summed E-state index contributed by atoms with van der Waals surface area (Å²) in [5.74, 6) is -0.716. The van der Waals surface area contributed by atoms with Crippen molar-refractivity contribution in [1.82, 2.24) is 4.72 Å². The molecule has 3 rings (SSSR count). The minimum absolute atomic E-state index is 0.0567. The Bertz CT molecular complexity index is 981. The fraction of sp³-hybridized carbons (Fsp3) is 0.500. The number of carbonyl (C=O) groups is 1. The number of rotatable bonds is 6. The van der Waals surface area contributed by atoms with Crippen LogP contribution in [0.5, 0.6) is 0 Å². The van der Waals surface area contributed by atoms with E-state index < -0.39 is 26.0 Å². The van der Waals surface area contributed by atoms with E-state index in [2.05, 4.69) is 10.8 Å². The molecule has 7 nitrogen and oxygen atoms in total. The molecule has 27 heavy (non-hydrogen) atoms. The van der Waals surface area contributed by atoms with Crippen molar-refractivity contribution in [3.05, 3.63) is 35.4 Å². The number of anilines is 1. The van der Waals surface area contributed by atoms with E-state index in [9.17, 15) is 21.6 Å². The number of benzene rings is 1. The normalized spacial score (nSPS) is 20.0. The Morgan fingerprint density at radius 1 is 1.19 bits per heavy atom. The van der Waals surface area contributed by atoms with Crippen LogP contribution in [-0.4, -0.2) is 35.0 Å². The highest BCUT2D eigenvalue weighted by atomic mass is 32.2. The number of allylic oxidation sites excluding steroid dienone is 1. The van der Waals surface area contributed by atoms with Gasteiger partial charge in [-0.25, -0.2) is 25.9 Å². The van der Waals surface area contributed by atoms with Crippen LogP contribution < -0.4 is 9.03 Å². The molecule has 9 heteroatoms. The van der Waals surface area contributed by atoms with Gasteiger partial charge in [0.15, 0.2) is 0 Å². The second kappa shape index (κ2) is 7.73. The molecule has 1 aliphatic carbocycles. The minimum Gasteiger partial charge on any atom is -0.273 e. The summed E-state index contributed by atoms with van der Waals surface area (Å²) in [6.45, 7) is 1.92. The first-order valence-electron chi connectivity index (χ1n) is 9.05. The van der Waals surface area contributed by atoms with Gasteiger partial charge in [-0.1, -0.05) is 11.6 Å². The summed E-state index contributed by atoms with van der Waals surface area (Å²) in [6, 6.07) is 4.15. The maximum Gasteiger partial charge on any atom is 0.242 e. The number of hydrogen-bond donors (Lipinski definition) is 1. The summed E-state index contributed by atoms with van der Waals surface area (Å²) < 4.78 is 52.6. The predicted molar refractivity (Wildman–Crippen MR) is 103 cm³/mol. The molecule has 1 saturated heterocycles. The zero-order valence-electron chi connectivity index (χ0n) is 15.3. The third-order valence-corrected chi connectivity index (χ3v) is 8.20. The van der Waals surface area contributed by atoms with E-state index in [0.717, 1.165) is 23.6 Å². The van der Waals surface area contributed by atoms with Crippen LogP contribution in [0.4, 0.5) is 5.69 Å². The average Bonchev–Trinajstić information content (AvgIpc) is 2.88. The highest BCUT2D eigenvalue weighted by Gasteiger charge is 2.36. The van der Waals surface area contributed by atoms with Gasteiger partial charge in [0.1, 0.15) is 0 Å². The van der Waals surface area contributed by atoms with E-state index in [0.29, 0.717) is 18.5 Å². The highest BCUT2D eigenvalue weighted by molar-refractivity contribution is 7.94. The number of nitrogens with one attached hydrogen (secondary N) is 1. The molecule has 1 aromatic rings.